The van der Waals surface area contributed by atoms with Crippen LogP contribution in [0.5, 0.6) is 0 Å². The van der Waals surface area contributed by atoms with E-state index in [-0.39, 0.29) is 27.5 Å². The van der Waals surface area contributed by atoms with Gasteiger partial charge in [0.2, 0.25) is 5.79 Å². The molecule has 2 nitrogen and oxygen atoms in total. The molecule has 1 aliphatic rings. The summed E-state index contributed by atoms with van der Waals surface area (Å²) in [6.45, 7) is 4.44. The molecule has 14 heavy (non-hydrogen) atoms. The fraction of sp³-hybridized carbons (Fsp3) is 1.00. The van der Waals surface area contributed by atoms with Crippen molar-refractivity contribution in [3.63, 3.8) is 0 Å². The van der Waals surface area contributed by atoms with E-state index < -0.39 is 0 Å². The van der Waals surface area contributed by atoms with Crippen molar-refractivity contribution in [2.75, 3.05) is 0 Å². The summed E-state index contributed by atoms with van der Waals surface area (Å²) in [4.78, 5) is 10.2. The zero-order chi connectivity index (χ0) is 9.57. The number of rotatable bonds is 8. The Balaban J connectivity index is 0.00000169. The molecule has 0 saturated carbocycles. The third-order valence-corrected chi connectivity index (χ3v) is 2.64. The summed E-state index contributed by atoms with van der Waals surface area (Å²) in [6, 6.07) is 0. The number of hydrogen-bond donors (Lipinski definition) is 0. The first-order valence-corrected chi connectivity index (χ1v) is 5.70. The SMILES string of the molecule is CCCCCC1(CCCCC)OO1.[Ti]. The second-order valence-corrected chi connectivity index (χ2v) is 3.99. The van der Waals surface area contributed by atoms with Crippen molar-refractivity contribution < 1.29 is 31.5 Å². The largest absolute Gasteiger partial charge is 0.234 e. The van der Waals surface area contributed by atoms with Crippen LogP contribution in [0.3, 0.4) is 0 Å². The van der Waals surface area contributed by atoms with E-state index in [1.165, 1.54) is 38.5 Å². The van der Waals surface area contributed by atoms with Gasteiger partial charge >= 0.3 is 0 Å². The maximum atomic E-state index is 5.09. The van der Waals surface area contributed by atoms with E-state index in [1.807, 2.05) is 0 Å². The van der Waals surface area contributed by atoms with Gasteiger partial charge in [-0.05, 0) is 12.8 Å². The second kappa shape index (κ2) is 7.87. The summed E-state index contributed by atoms with van der Waals surface area (Å²) >= 11 is 0. The number of hydrogen-bond acceptors (Lipinski definition) is 2. The molecule has 0 unspecified atom stereocenters. The molecule has 0 aromatic carbocycles. The molecule has 0 bridgehead atoms. The van der Waals surface area contributed by atoms with E-state index in [2.05, 4.69) is 13.8 Å². The van der Waals surface area contributed by atoms with Crippen molar-refractivity contribution in [2.45, 2.75) is 71.0 Å². The Hall–Kier alpha value is 0.634. The van der Waals surface area contributed by atoms with Crippen molar-refractivity contribution in [1.82, 2.24) is 0 Å². The quantitative estimate of drug-likeness (QED) is 0.276. The molecule has 1 rings (SSSR count). The van der Waals surface area contributed by atoms with Crippen molar-refractivity contribution in [2.24, 2.45) is 0 Å². The average Bonchev–Trinajstić information content (AvgIpc) is 2.87. The van der Waals surface area contributed by atoms with Crippen LogP contribution < -0.4 is 0 Å². The topological polar surface area (TPSA) is 25.1 Å². The zero-order valence-corrected chi connectivity index (χ0v) is 11.0. The van der Waals surface area contributed by atoms with Gasteiger partial charge in [0.15, 0.2) is 0 Å². The van der Waals surface area contributed by atoms with Crippen LogP contribution in [0.25, 0.3) is 0 Å². The van der Waals surface area contributed by atoms with Crippen LogP contribution in [0.4, 0.5) is 0 Å². The van der Waals surface area contributed by atoms with Gasteiger partial charge in [-0.25, -0.2) is 0 Å². The Bertz CT molecular complexity index is 123. The maximum absolute atomic E-state index is 5.09. The van der Waals surface area contributed by atoms with Gasteiger partial charge in [0.1, 0.15) is 0 Å². The molecule has 0 aromatic rings. The van der Waals surface area contributed by atoms with Gasteiger partial charge in [-0.3, -0.25) is 0 Å². The fourth-order valence-corrected chi connectivity index (χ4v) is 1.64. The molecule has 3 heteroatoms. The summed E-state index contributed by atoms with van der Waals surface area (Å²) in [7, 11) is 0. The minimum Gasteiger partial charge on any atom is -0.195 e. The fourth-order valence-electron chi connectivity index (χ4n) is 1.64. The van der Waals surface area contributed by atoms with Gasteiger partial charge in [0.05, 0.1) is 0 Å². The number of unbranched alkanes of at least 4 members (excludes halogenated alkanes) is 4. The second-order valence-electron chi connectivity index (χ2n) is 3.99. The van der Waals surface area contributed by atoms with Crippen molar-refractivity contribution in [1.29, 1.82) is 0 Å². The molecule has 1 heterocycles. The molecule has 82 valence electrons. The van der Waals surface area contributed by atoms with E-state index in [4.69, 9.17) is 9.78 Å². The van der Waals surface area contributed by atoms with Crippen LogP contribution >= 0.6 is 0 Å². The zero-order valence-electron chi connectivity index (χ0n) is 9.47. The maximum Gasteiger partial charge on any atom is 0.234 e. The molecule has 0 N–H and O–H groups in total. The molecule has 0 radical (unpaired) electrons. The molecule has 0 atom stereocenters. The van der Waals surface area contributed by atoms with E-state index >= 15 is 0 Å². The summed E-state index contributed by atoms with van der Waals surface area (Å²) in [5.74, 6) is -0.148. The Morgan fingerprint density at radius 1 is 0.786 bits per heavy atom. The normalized spacial score (nSPS) is 17.6. The van der Waals surface area contributed by atoms with E-state index in [9.17, 15) is 0 Å². The van der Waals surface area contributed by atoms with Gasteiger partial charge < -0.3 is 0 Å². The third-order valence-electron chi connectivity index (χ3n) is 2.64. The molecule has 1 aliphatic heterocycles. The van der Waals surface area contributed by atoms with Crippen molar-refractivity contribution in [3.8, 4) is 0 Å². The minimum absolute atomic E-state index is 0. The standard InChI is InChI=1S/C11H22O2.Ti/c1-3-5-7-9-11(12-13-11)10-8-6-4-2;/h3-10H2,1-2H3;. The Labute approximate surface area is 103 Å². The van der Waals surface area contributed by atoms with Crippen LogP contribution in [0, 0.1) is 0 Å². The molecule has 0 aromatic heterocycles. The summed E-state index contributed by atoms with van der Waals surface area (Å²) in [5.41, 5.74) is 0. The van der Waals surface area contributed by atoms with Gasteiger partial charge in [-0.2, -0.15) is 9.78 Å². The first-order valence-electron chi connectivity index (χ1n) is 5.70. The first-order chi connectivity index (χ1) is 6.33. The van der Waals surface area contributed by atoms with Crippen LogP contribution in [0.1, 0.15) is 65.2 Å². The molecular formula is C11H22O2Ti. The van der Waals surface area contributed by atoms with E-state index in [1.54, 1.807) is 0 Å². The minimum atomic E-state index is -0.148. The summed E-state index contributed by atoms with van der Waals surface area (Å²) < 4.78 is 0. The smallest absolute Gasteiger partial charge is 0.195 e. The monoisotopic (exact) mass is 234 g/mol. The average molecular weight is 234 g/mol. The third kappa shape index (κ3) is 5.50. The Morgan fingerprint density at radius 3 is 1.50 bits per heavy atom. The van der Waals surface area contributed by atoms with Crippen LogP contribution in [0.2, 0.25) is 0 Å². The Kier molecular flexibility index (Phi) is 8.22. The van der Waals surface area contributed by atoms with E-state index in [0.717, 1.165) is 12.8 Å². The summed E-state index contributed by atoms with van der Waals surface area (Å²) in [5, 5.41) is 0. The van der Waals surface area contributed by atoms with Gasteiger partial charge in [0, 0.05) is 34.6 Å². The molecule has 0 amide bonds. The van der Waals surface area contributed by atoms with Crippen LogP contribution in [-0.2, 0) is 31.5 Å². The van der Waals surface area contributed by atoms with Gasteiger partial charge in [-0.15, -0.1) is 0 Å². The van der Waals surface area contributed by atoms with Gasteiger partial charge in [0.25, 0.3) is 0 Å². The first kappa shape index (κ1) is 14.6. The molecule has 0 spiro atoms. The van der Waals surface area contributed by atoms with Crippen LogP contribution in [-0.4, -0.2) is 5.79 Å². The molecule has 1 fully saturated rings. The van der Waals surface area contributed by atoms with Crippen molar-refractivity contribution in [3.05, 3.63) is 0 Å². The van der Waals surface area contributed by atoms with E-state index in [0.29, 0.717) is 0 Å². The van der Waals surface area contributed by atoms with Crippen molar-refractivity contribution >= 4 is 0 Å². The van der Waals surface area contributed by atoms with Gasteiger partial charge in [-0.1, -0.05) is 39.5 Å². The predicted molar refractivity (Wildman–Crippen MR) is 53.2 cm³/mol. The Morgan fingerprint density at radius 2 is 1.21 bits per heavy atom. The predicted octanol–water partition coefficient (Wildman–Crippen LogP) is 3.80. The molecular weight excluding hydrogens is 212 g/mol. The molecule has 1 saturated heterocycles. The summed E-state index contributed by atoms with van der Waals surface area (Å²) in [6.07, 6.45) is 9.78. The molecule has 0 aliphatic carbocycles. The van der Waals surface area contributed by atoms with Crippen LogP contribution in [0.15, 0.2) is 0 Å².